The minimum atomic E-state index is -0.171. The number of hydrogen-bond donors (Lipinski definition) is 2. The first-order valence-electron chi connectivity index (χ1n) is 8.54. The molecule has 2 aromatic heterocycles. The second-order valence-electron chi connectivity index (χ2n) is 7.07. The van der Waals surface area contributed by atoms with Crippen LogP contribution in [0, 0.1) is 6.92 Å². The molecule has 2 N–H and O–H groups in total. The van der Waals surface area contributed by atoms with Crippen molar-refractivity contribution in [3.05, 3.63) is 27.1 Å². The number of carbonyl (C=O) groups excluding carboxylic acids is 1. The van der Waals surface area contributed by atoms with Gasteiger partial charge in [0.1, 0.15) is 4.83 Å². The zero-order valence-corrected chi connectivity index (χ0v) is 14.8. The standard InChI is InChI=1S/C17H22N4O2S/c1-10-12-14(22)18-9-19-15(12)24-13(10)16(23)21-8-4-6-17(2)11(21)5-3-7-20-17/h9,11,20H,3-8H2,1-2H3,(H,18,19,22)/t11-,17+/m1/s1. The maximum Gasteiger partial charge on any atom is 0.264 e. The number of aryl methyl sites for hydroxylation is 1. The van der Waals surface area contributed by atoms with E-state index in [2.05, 4.69) is 22.2 Å². The lowest BCUT2D eigenvalue weighted by Crippen LogP contribution is -2.65. The normalized spacial score (nSPS) is 27.2. The van der Waals surface area contributed by atoms with Crippen LogP contribution in [0.2, 0.25) is 0 Å². The molecule has 7 heteroatoms. The third-order valence-corrected chi connectivity index (χ3v) is 6.77. The number of carbonyl (C=O) groups is 1. The van der Waals surface area contributed by atoms with E-state index in [4.69, 9.17) is 0 Å². The number of likely N-dealkylation sites (tertiary alicyclic amines) is 1. The van der Waals surface area contributed by atoms with Crippen LogP contribution in [0.15, 0.2) is 11.1 Å². The first-order valence-corrected chi connectivity index (χ1v) is 9.36. The minimum Gasteiger partial charge on any atom is -0.333 e. The highest BCUT2D eigenvalue weighted by Gasteiger charge is 2.44. The highest BCUT2D eigenvalue weighted by Crippen LogP contribution is 2.36. The fourth-order valence-electron chi connectivity index (χ4n) is 4.29. The van der Waals surface area contributed by atoms with Gasteiger partial charge >= 0.3 is 0 Å². The van der Waals surface area contributed by atoms with Crippen molar-refractivity contribution in [2.24, 2.45) is 0 Å². The van der Waals surface area contributed by atoms with Crippen LogP contribution in [0.25, 0.3) is 10.2 Å². The zero-order chi connectivity index (χ0) is 16.9. The van der Waals surface area contributed by atoms with Gasteiger partial charge < -0.3 is 15.2 Å². The van der Waals surface area contributed by atoms with Crippen molar-refractivity contribution in [3.63, 3.8) is 0 Å². The predicted molar refractivity (Wildman–Crippen MR) is 94.7 cm³/mol. The second kappa shape index (κ2) is 5.67. The summed E-state index contributed by atoms with van der Waals surface area (Å²) >= 11 is 1.34. The van der Waals surface area contributed by atoms with Crippen molar-refractivity contribution >= 4 is 27.5 Å². The van der Waals surface area contributed by atoms with Crippen LogP contribution in [-0.2, 0) is 0 Å². The molecule has 0 aliphatic carbocycles. The summed E-state index contributed by atoms with van der Waals surface area (Å²) in [6.07, 6.45) is 5.65. The van der Waals surface area contributed by atoms with E-state index in [0.717, 1.165) is 44.3 Å². The van der Waals surface area contributed by atoms with Crippen molar-refractivity contribution in [1.82, 2.24) is 20.2 Å². The van der Waals surface area contributed by atoms with E-state index in [0.29, 0.717) is 15.1 Å². The van der Waals surface area contributed by atoms with Crippen molar-refractivity contribution in [2.75, 3.05) is 13.1 Å². The van der Waals surface area contributed by atoms with Crippen LogP contribution < -0.4 is 10.9 Å². The molecule has 1 amide bonds. The van der Waals surface area contributed by atoms with Gasteiger partial charge in [0.15, 0.2) is 0 Å². The van der Waals surface area contributed by atoms with Crippen LogP contribution in [-0.4, -0.2) is 45.4 Å². The summed E-state index contributed by atoms with van der Waals surface area (Å²) in [5.74, 6) is 0.0505. The molecule has 0 aromatic carbocycles. The molecule has 6 nitrogen and oxygen atoms in total. The highest BCUT2D eigenvalue weighted by atomic mass is 32.1. The Labute approximate surface area is 144 Å². The van der Waals surface area contributed by atoms with Crippen molar-refractivity contribution < 1.29 is 4.79 Å². The highest BCUT2D eigenvalue weighted by molar-refractivity contribution is 7.20. The molecule has 2 fully saturated rings. The quantitative estimate of drug-likeness (QED) is 0.828. The van der Waals surface area contributed by atoms with Crippen LogP contribution in [0.4, 0.5) is 0 Å². The van der Waals surface area contributed by atoms with E-state index in [9.17, 15) is 9.59 Å². The van der Waals surface area contributed by atoms with Gasteiger partial charge in [0.05, 0.1) is 16.6 Å². The van der Waals surface area contributed by atoms with Crippen LogP contribution in [0.3, 0.4) is 0 Å². The van der Waals surface area contributed by atoms with Crippen LogP contribution in [0.1, 0.15) is 47.8 Å². The molecular formula is C17H22N4O2S. The molecule has 0 unspecified atom stereocenters. The van der Waals surface area contributed by atoms with E-state index < -0.39 is 0 Å². The molecule has 0 saturated carbocycles. The first kappa shape index (κ1) is 15.8. The maximum atomic E-state index is 13.3. The molecule has 128 valence electrons. The monoisotopic (exact) mass is 346 g/mol. The fourth-order valence-corrected chi connectivity index (χ4v) is 5.40. The number of nitrogens with zero attached hydrogens (tertiary/aromatic N) is 2. The molecular weight excluding hydrogens is 324 g/mol. The summed E-state index contributed by atoms with van der Waals surface area (Å²) < 4.78 is 0. The van der Waals surface area contributed by atoms with E-state index >= 15 is 0 Å². The molecule has 4 heterocycles. The summed E-state index contributed by atoms with van der Waals surface area (Å²) in [5, 5.41) is 4.17. The smallest absolute Gasteiger partial charge is 0.264 e. The summed E-state index contributed by atoms with van der Waals surface area (Å²) in [5.41, 5.74) is 0.591. The number of thiophene rings is 1. The minimum absolute atomic E-state index is 0.00642. The van der Waals surface area contributed by atoms with Crippen molar-refractivity contribution in [1.29, 1.82) is 0 Å². The number of hydrogen-bond acceptors (Lipinski definition) is 5. The Morgan fingerprint density at radius 3 is 3.08 bits per heavy atom. The topological polar surface area (TPSA) is 78.1 Å². The number of aromatic amines is 1. The Bertz CT molecular complexity index is 854. The molecule has 2 atom stereocenters. The van der Waals surface area contributed by atoms with E-state index in [-0.39, 0.29) is 23.0 Å². The largest absolute Gasteiger partial charge is 0.333 e. The SMILES string of the molecule is Cc1c(C(=O)N2CCC[C@]3(C)NCCC[C@@H]23)sc2nc[nH]c(=O)c12. The van der Waals surface area contributed by atoms with Gasteiger partial charge in [-0.3, -0.25) is 9.59 Å². The molecule has 2 aromatic rings. The molecule has 4 rings (SSSR count). The van der Waals surface area contributed by atoms with Gasteiger partial charge in [-0.25, -0.2) is 4.98 Å². The van der Waals surface area contributed by atoms with E-state index in [1.165, 1.54) is 17.7 Å². The van der Waals surface area contributed by atoms with Crippen LogP contribution >= 0.6 is 11.3 Å². The predicted octanol–water partition coefficient (Wildman–Crippen LogP) is 2.04. The van der Waals surface area contributed by atoms with Crippen molar-refractivity contribution in [3.8, 4) is 0 Å². The average molecular weight is 346 g/mol. The van der Waals surface area contributed by atoms with Gasteiger partial charge in [-0.1, -0.05) is 0 Å². The molecule has 2 saturated heterocycles. The summed E-state index contributed by atoms with van der Waals surface area (Å²) in [6.45, 7) is 5.90. The lowest BCUT2D eigenvalue weighted by molar-refractivity contribution is 0.0257. The zero-order valence-electron chi connectivity index (χ0n) is 14.0. The number of nitrogens with one attached hydrogen (secondary N) is 2. The number of rotatable bonds is 1. The van der Waals surface area contributed by atoms with Gasteiger partial charge in [0.25, 0.3) is 11.5 Å². The van der Waals surface area contributed by atoms with Gasteiger partial charge in [-0.05, 0) is 51.6 Å². The Hall–Kier alpha value is -1.73. The molecule has 24 heavy (non-hydrogen) atoms. The van der Waals surface area contributed by atoms with E-state index in [1.54, 1.807) is 0 Å². The Balaban J connectivity index is 1.74. The molecule has 2 aliphatic heterocycles. The van der Waals surface area contributed by atoms with Gasteiger partial charge in [-0.2, -0.15) is 0 Å². The third kappa shape index (κ3) is 2.29. The van der Waals surface area contributed by atoms with E-state index in [1.807, 2.05) is 11.8 Å². The molecule has 0 bridgehead atoms. The second-order valence-corrected chi connectivity index (χ2v) is 8.07. The maximum absolute atomic E-state index is 13.3. The lowest BCUT2D eigenvalue weighted by Gasteiger charge is -2.51. The number of fused-ring (bicyclic) bond motifs is 2. The number of piperidine rings is 2. The summed E-state index contributed by atoms with van der Waals surface area (Å²) in [4.78, 5) is 35.5. The first-order chi connectivity index (χ1) is 11.5. The Morgan fingerprint density at radius 2 is 2.29 bits per heavy atom. The number of H-pyrrole nitrogens is 1. The third-order valence-electron chi connectivity index (χ3n) is 5.58. The van der Waals surface area contributed by atoms with Crippen LogP contribution in [0.5, 0.6) is 0 Å². The fraction of sp³-hybridized carbons (Fsp3) is 0.588. The van der Waals surface area contributed by atoms with Crippen molar-refractivity contribution in [2.45, 2.75) is 51.1 Å². The average Bonchev–Trinajstić information content (AvgIpc) is 2.91. The Morgan fingerprint density at radius 1 is 1.46 bits per heavy atom. The summed E-state index contributed by atoms with van der Waals surface area (Å²) in [6, 6.07) is 0.225. The molecule has 0 radical (unpaired) electrons. The number of aromatic nitrogens is 2. The Kier molecular flexibility index (Phi) is 3.73. The molecule has 2 aliphatic rings. The summed E-state index contributed by atoms with van der Waals surface area (Å²) in [7, 11) is 0. The van der Waals surface area contributed by atoms with Gasteiger partial charge in [0, 0.05) is 18.1 Å². The van der Waals surface area contributed by atoms with Gasteiger partial charge in [-0.15, -0.1) is 11.3 Å². The van der Waals surface area contributed by atoms with Gasteiger partial charge in [0.2, 0.25) is 0 Å². The number of amides is 1. The molecule has 0 spiro atoms. The lowest BCUT2D eigenvalue weighted by atomic mass is 9.78.